The maximum Gasteiger partial charge on any atom is 0.179 e. The lowest BCUT2D eigenvalue weighted by Gasteiger charge is -2.07. The molecule has 7 heteroatoms. The molecule has 1 fully saturated rings. The van der Waals surface area contributed by atoms with E-state index in [-0.39, 0.29) is 16.5 Å². The van der Waals surface area contributed by atoms with Crippen LogP contribution < -0.4 is 11.1 Å². The van der Waals surface area contributed by atoms with Crippen LogP contribution in [-0.2, 0) is 9.84 Å². The molecule has 0 unspecified atom stereocenters. The van der Waals surface area contributed by atoms with Crippen LogP contribution in [0.1, 0.15) is 24.8 Å². The Morgan fingerprint density at radius 2 is 2.14 bits per heavy atom. The van der Waals surface area contributed by atoms with Crippen LogP contribution in [0.4, 0.5) is 0 Å². The fraction of sp³-hybridized carbons (Fsp3) is 0.500. The topological polar surface area (TPSA) is 105 Å². The fourth-order valence-electron chi connectivity index (χ4n) is 2.07. The minimum absolute atomic E-state index is 0.0390. The van der Waals surface area contributed by atoms with Crippen LogP contribution in [0.5, 0.6) is 0 Å². The Bertz CT molecular complexity index is 610. The second-order valence-corrected chi connectivity index (χ2v) is 7.42. The molecule has 116 valence electrons. The van der Waals surface area contributed by atoms with Gasteiger partial charge in [0.05, 0.1) is 10.6 Å². The Morgan fingerprint density at radius 3 is 2.81 bits per heavy atom. The number of nitrogens with zero attached hydrogens (tertiary/aromatic N) is 1. The van der Waals surface area contributed by atoms with Gasteiger partial charge in [0.15, 0.2) is 15.7 Å². The van der Waals surface area contributed by atoms with E-state index in [1.165, 1.54) is 25.0 Å². The molecule has 2 rings (SSSR count). The standard InChI is InChI=1S/C14H21N3O3S/c15-14(17-18)12-2-1-3-13(10-12)21(19,20)9-8-16-7-6-11-4-5-11/h1-3,10-11,16,18H,4-9H2,(H2,15,17). The van der Waals surface area contributed by atoms with Crippen molar-refractivity contribution in [2.24, 2.45) is 16.8 Å². The number of benzene rings is 1. The maximum absolute atomic E-state index is 12.2. The van der Waals surface area contributed by atoms with E-state index in [2.05, 4.69) is 10.5 Å². The van der Waals surface area contributed by atoms with Crippen LogP contribution in [0, 0.1) is 5.92 Å². The van der Waals surface area contributed by atoms with Gasteiger partial charge in [-0.25, -0.2) is 8.42 Å². The van der Waals surface area contributed by atoms with Crippen molar-refractivity contribution in [3.63, 3.8) is 0 Å². The van der Waals surface area contributed by atoms with Gasteiger partial charge in [-0.3, -0.25) is 0 Å². The summed E-state index contributed by atoms with van der Waals surface area (Å²) in [5, 5.41) is 14.7. The van der Waals surface area contributed by atoms with E-state index in [9.17, 15) is 8.42 Å². The van der Waals surface area contributed by atoms with Crippen molar-refractivity contribution in [1.82, 2.24) is 5.32 Å². The van der Waals surface area contributed by atoms with E-state index in [4.69, 9.17) is 10.9 Å². The Kier molecular flexibility index (Phi) is 5.19. The Labute approximate surface area is 125 Å². The average Bonchev–Trinajstić information content (AvgIpc) is 3.30. The van der Waals surface area contributed by atoms with Gasteiger partial charge >= 0.3 is 0 Å². The zero-order chi connectivity index (χ0) is 15.3. The smallest absolute Gasteiger partial charge is 0.179 e. The molecule has 4 N–H and O–H groups in total. The molecule has 21 heavy (non-hydrogen) atoms. The van der Waals surface area contributed by atoms with E-state index in [0.29, 0.717) is 12.1 Å². The Morgan fingerprint density at radius 1 is 1.38 bits per heavy atom. The number of nitrogens with one attached hydrogen (secondary N) is 1. The molecule has 1 saturated carbocycles. The number of sulfone groups is 1. The summed E-state index contributed by atoms with van der Waals surface area (Å²) >= 11 is 0. The van der Waals surface area contributed by atoms with E-state index in [1.807, 2.05) is 0 Å². The first-order chi connectivity index (χ1) is 10.0. The first kappa shape index (κ1) is 15.8. The van der Waals surface area contributed by atoms with Crippen molar-refractivity contribution >= 4 is 15.7 Å². The highest BCUT2D eigenvalue weighted by molar-refractivity contribution is 7.91. The summed E-state index contributed by atoms with van der Waals surface area (Å²) in [6, 6.07) is 6.13. The quantitative estimate of drug-likeness (QED) is 0.218. The number of oxime groups is 1. The molecule has 1 aromatic carbocycles. The lowest BCUT2D eigenvalue weighted by atomic mass is 10.2. The molecule has 0 saturated heterocycles. The molecule has 0 amide bonds. The number of nitrogens with two attached hydrogens (primary N) is 1. The number of amidine groups is 1. The van der Waals surface area contributed by atoms with Gasteiger partial charge < -0.3 is 16.3 Å². The van der Waals surface area contributed by atoms with Crippen molar-refractivity contribution in [2.75, 3.05) is 18.8 Å². The summed E-state index contributed by atoms with van der Waals surface area (Å²) in [6.45, 7) is 1.30. The van der Waals surface area contributed by atoms with Gasteiger partial charge in [0, 0.05) is 12.1 Å². The van der Waals surface area contributed by atoms with Crippen LogP contribution in [0.15, 0.2) is 34.3 Å². The van der Waals surface area contributed by atoms with Crippen molar-refractivity contribution in [3.8, 4) is 0 Å². The largest absolute Gasteiger partial charge is 0.409 e. The molecule has 0 aromatic heterocycles. The third kappa shape index (κ3) is 4.71. The van der Waals surface area contributed by atoms with Gasteiger partial charge in [0.2, 0.25) is 0 Å². The predicted molar refractivity (Wildman–Crippen MR) is 81.2 cm³/mol. The lowest BCUT2D eigenvalue weighted by Crippen LogP contribution is -2.24. The van der Waals surface area contributed by atoms with Crippen LogP contribution in [0.2, 0.25) is 0 Å². The Hall–Kier alpha value is -1.60. The summed E-state index contributed by atoms with van der Waals surface area (Å²) in [6.07, 6.45) is 3.74. The third-order valence-corrected chi connectivity index (χ3v) is 5.28. The van der Waals surface area contributed by atoms with Crippen LogP contribution in [0.25, 0.3) is 0 Å². The zero-order valence-corrected chi connectivity index (χ0v) is 12.6. The fourth-order valence-corrected chi connectivity index (χ4v) is 3.31. The highest BCUT2D eigenvalue weighted by Crippen LogP contribution is 2.31. The Balaban J connectivity index is 1.91. The molecule has 0 spiro atoms. The molecular weight excluding hydrogens is 290 g/mol. The number of hydrogen-bond acceptors (Lipinski definition) is 5. The number of hydrogen-bond donors (Lipinski definition) is 3. The molecule has 1 aliphatic carbocycles. The van der Waals surface area contributed by atoms with E-state index in [0.717, 1.165) is 18.9 Å². The first-order valence-corrected chi connectivity index (χ1v) is 8.69. The van der Waals surface area contributed by atoms with Crippen LogP contribution in [-0.4, -0.2) is 38.3 Å². The lowest BCUT2D eigenvalue weighted by molar-refractivity contribution is 0.318. The zero-order valence-electron chi connectivity index (χ0n) is 11.8. The van der Waals surface area contributed by atoms with E-state index < -0.39 is 9.84 Å². The summed E-state index contributed by atoms with van der Waals surface area (Å²) < 4.78 is 24.4. The highest BCUT2D eigenvalue weighted by Gasteiger charge is 2.20. The number of rotatable bonds is 8. The van der Waals surface area contributed by atoms with E-state index >= 15 is 0 Å². The summed E-state index contributed by atoms with van der Waals surface area (Å²) in [5.41, 5.74) is 5.86. The molecule has 0 heterocycles. The van der Waals surface area contributed by atoms with Crippen molar-refractivity contribution < 1.29 is 13.6 Å². The normalized spacial score (nSPS) is 16.1. The maximum atomic E-state index is 12.2. The minimum atomic E-state index is -3.36. The van der Waals surface area contributed by atoms with Crippen molar-refractivity contribution in [3.05, 3.63) is 29.8 Å². The average molecular weight is 311 g/mol. The summed E-state index contributed by atoms with van der Waals surface area (Å²) in [4.78, 5) is 0.190. The van der Waals surface area contributed by atoms with Gasteiger partial charge in [-0.1, -0.05) is 30.1 Å². The molecule has 0 aliphatic heterocycles. The van der Waals surface area contributed by atoms with Crippen molar-refractivity contribution in [2.45, 2.75) is 24.2 Å². The van der Waals surface area contributed by atoms with Gasteiger partial charge in [0.25, 0.3) is 0 Å². The van der Waals surface area contributed by atoms with Gasteiger partial charge in [-0.05, 0) is 31.0 Å². The van der Waals surface area contributed by atoms with E-state index in [1.54, 1.807) is 12.1 Å². The monoisotopic (exact) mass is 311 g/mol. The molecule has 1 aliphatic rings. The third-order valence-electron chi connectivity index (χ3n) is 3.57. The minimum Gasteiger partial charge on any atom is -0.409 e. The SMILES string of the molecule is N/C(=N/O)c1cccc(S(=O)(=O)CCNCCC2CC2)c1. The van der Waals surface area contributed by atoms with Crippen LogP contribution in [0.3, 0.4) is 0 Å². The molecule has 0 atom stereocenters. The molecule has 0 radical (unpaired) electrons. The molecule has 6 nitrogen and oxygen atoms in total. The first-order valence-electron chi connectivity index (χ1n) is 7.04. The second kappa shape index (κ2) is 6.91. The molecule has 0 bridgehead atoms. The highest BCUT2D eigenvalue weighted by atomic mass is 32.2. The van der Waals surface area contributed by atoms with Gasteiger partial charge in [-0.15, -0.1) is 0 Å². The second-order valence-electron chi connectivity index (χ2n) is 5.31. The molecule has 1 aromatic rings. The molecular formula is C14H21N3O3S. The predicted octanol–water partition coefficient (Wildman–Crippen LogP) is 0.944. The van der Waals surface area contributed by atoms with Gasteiger partial charge in [0.1, 0.15) is 0 Å². The van der Waals surface area contributed by atoms with Gasteiger partial charge in [-0.2, -0.15) is 0 Å². The van der Waals surface area contributed by atoms with Crippen LogP contribution >= 0.6 is 0 Å². The summed E-state index contributed by atoms with van der Waals surface area (Å²) in [7, 11) is -3.36. The van der Waals surface area contributed by atoms with Crippen molar-refractivity contribution in [1.29, 1.82) is 0 Å². The summed E-state index contributed by atoms with van der Waals surface area (Å²) in [5.74, 6) is 0.776.